The van der Waals surface area contributed by atoms with Gasteiger partial charge in [0.1, 0.15) is 0 Å². The lowest BCUT2D eigenvalue weighted by atomic mass is 9.84. The molecule has 3 N–H and O–H groups in total. The van der Waals surface area contributed by atoms with E-state index in [0.717, 1.165) is 17.1 Å². The normalized spacial score (nSPS) is 16.8. The van der Waals surface area contributed by atoms with Gasteiger partial charge in [0.15, 0.2) is 17.5 Å². The first-order valence-electron chi connectivity index (χ1n) is 8.75. The van der Waals surface area contributed by atoms with Crippen LogP contribution < -0.4 is 20.5 Å². The van der Waals surface area contributed by atoms with Crippen LogP contribution in [0.15, 0.2) is 23.2 Å². The summed E-state index contributed by atoms with van der Waals surface area (Å²) >= 11 is 0. The van der Waals surface area contributed by atoms with Crippen molar-refractivity contribution in [1.29, 1.82) is 0 Å². The lowest BCUT2D eigenvalue weighted by Gasteiger charge is -2.26. The minimum Gasteiger partial charge on any atom is -0.493 e. The third-order valence-electron chi connectivity index (χ3n) is 4.77. The fourth-order valence-corrected chi connectivity index (χ4v) is 3.13. The molecule has 0 aliphatic heterocycles. The molecule has 1 fully saturated rings. The Morgan fingerprint density at radius 3 is 2.46 bits per heavy atom. The van der Waals surface area contributed by atoms with Gasteiger partial charge >= 0.3 is 0 Å². The van der Waals surface area contributed by atoms with Crippen LogP contribution in [0.4, 0.5) is 0 Å². The van der Waals surface area contributed by atoms with Crippen molar-refractivity contribution in [2.24, 2.45) is 10.7 Å². The van der Waals surface area contributed by atoms with E-state index in [1.54, 1.807) is 14.2 Å². The predicted molar refractivity (Wildman–Crippen MR) is 99.1 cm³/mol. The summed E-state index contributed by atoms with van der Waals surface area (Å²) in [5, 5.41) is 3.37. The van der Waals surface area contributed by atoms with E-state index in [1.807, 2.05) is 12.1 Å². The third kappa shape index (κ3) is 4.79. The molecule has 0 amide bonds. The number of guanidine groups is 1. The number of hydrogen-bond donors (Lipinski definition) is 2. The summed E-state index contributed by atoms with van der Waals surface area (Å²) in [7, 11) is 3.30. The maximum Gasteiger partial charge on any atom is 0.188 e. The van der Waals surface area contributed by atoms with Crippen LogP contribution in [0.25, 0.3) is 0 Å². The summed E-state index contributed by atoms with van der Waals surface area (Å²) in [4.78, 5) is 4.58. The molecule has 0 saturated heterocycles. The average molecular weight is 333 g/mol. The van der Waals surface area contributed by atoms with Crippen LogP contribution in [-0.2, 0) is 5.41 Å². The Kier molecular flexibility index (Phi) is 6.35. The predicted octanol–water partition coefficient (Wildman–Crippen LogP) is 3.22. The number of methoxy groups -OCH3 is 2. The maximum absolute atomic E-state index is 6.09. The first-order valence-corrected chi connectivity index (χ1v) is 8.75. The van der Waals surface area contributed by atoms with Crippen LogP contribution >= 0.6 is 0 Å². The SMILES string of the molecule is COc1ccc(C(C)(C)CN=C(N)NC2CCCCC2)cc1OC. The lowest BCUT2D eigenvalue weighted by molar-refractivity contribution is 0.353. The molecule has 134 valence electrons. The van der Waals surface area contributed by atoms with E-state index >= 15 is 0 Å². The zero-order valence-corrected chi connectivity index (χ0v) is 15.4. The molecule has 1 aromatic carbocycles. The first kappa shape index (κ1) is 18.4. The summed E-state index contributed by atoms with van der Waals surface area (Å²) in [6.45, 7) is 4.94. The Bertz CT molecular complexity index is 564. The molecular formula is C19H31N3O2. The summed E-state index contributed by atoms with van der Waals surface area (Å²) in [5.41, 5.74) is 7.09. The molecule has 0 bridgehead atoms. The number of ether oxygens (including phenoxy) is 2. The number of benzene rings is 1. The number of nitrogens with one attached hydrogen (secondary N) is 1. The van der Waals surface area contributed by atoms with Gasteiger partial charge < -0.3 is 20.5 Å². The smallest absolute Gasteiger partial charge is 0.188 e. The summed E-state index contributed by atoms with van der Waals surface area (Å²) < 4.78 is 10.7. The minimum atomic E-state index is -0.140. The number of nitrogens with two attached hydrogens (primary N) is 1. The van der Waals surface area contributed by atoms with E-state index in [9.17, 15) is 0 Å². The Morgan fingerprint density at radius 1 is 1.17 bits per heavy atom. The van der Waals surface area contributed by atoms with E-state index in [0.29, 0.717) is 18.5 Å². The Balaban J connectivity index is 2.02. The van der Waals surface area contributed by atoms with Crippen LogP contribution in [0.5, 0.6) is 11.5 Å². The molecule has 0 heterocycles. The van der Waals surface area contributed by atoms with Crippen molar-refractivity contribution in [1.82, 2.24) is 5.32 Å². The molecule has 5 heteroatoms. The average Bonchev–Trinajstić information content (AvgIpc) is 2.60. The largest absolute Gasteiger partial charge is 0.493 e. The molecular weight excluding hydrogens is 302 g/mol. The van der Waals surface area contributed by atoms with Gasteiger partial charge in [0.25, 0.3) is 0 Å². The van der Waals surface area contributed by atoms with Gasteiger partial charge in [0.05, 0.1) is 20.8 Å². The Morgan fingerprint density at radius 2 is 1.83 bits per heavy atom. The highest BCUT2D eigenvalue weighted by Crippen LogP contribution is 2.33. The van der Waals surface area contributed by atoms with E-state index in [4.69, 9.17) is 15.2 Å². The van der Waals surface area contributed by atoms with Crippen molar-refractivity contribution >= 4 is 5.96 Å². The quantitative estimate of drug-likeness (QED) is 0.619. The van der Waals surface area contributed by atoms with Crippen LogP contribution in [0.3, 0.4) is 0 Å². The van der Waals surface area contributed by atoms with Crippen molar-refractivity contribution in [3.8, 4) is 11.5 Å². The zero-order chi connectivity index (χ0) is 17.6. The number of rotatable bonds is 6. The molecule has 5 nitrogen and oxygen atoms in total. The number of nitrogens with zero attached hydrogens (tertiary/aromatic N) is 1. The van der Waals surface area contributed by atoms with Crippen molar-refractivity contribution in [3.05, 3.63) is 23.8 Å². The van der Waals surface area contributed by atoms with Gasteiger partial charge in [-0.3, -0.25) is 4.99 Å². The monoisotopic (exact) mass is 333 g/mol. The van der Waals surface area contributed by atoms with Crippen molar-refractivity contribution in [2.75, 3.05) is 20.8 Å². The molecule has 0 atom stereocenters. The van der Waals surface area contributed by atoms with Gasteiger partial charge in [0, 0.05) is 11.5 Å². The molecule has 1 aliphatic rings. The molecule has 0 radical (unpaired) electrons. The van der Waals surface area contributed by atoms with Gasteiger partial charge in [-0.05, 0) is 30.5 Å². The molecule has 0 spiro atoms. The second kappa shape index (κ2) is 8.27. The van der Waals surface area contributed by atoms with Crippen molar-refractivity contribution in [2.45, 2.75) is 57.4 Å². The highest BCUT2D eigenvalue weighted by atomic mass is 16.5. The second-order valence-corrected chi connectivity index (χ2v) is 7.13. The van der Waals surface area contributed by atoms with Crippen LogP contribution in [0, 0.1) is 0 Å². The van der Waals surface area contributed by atoms with Gasteiger partial charge in [0.2, 0.25) is 0 Å². The fourth-order valence-electron chi connectivity index (χ4n) is 3.13. The molecule has 0 aromatic heterocycles. The molecule has 24 heavy (non-hydrogen) atoms. The van der Waals surface area contributed by atoms with E-state index < -0.39 is 0 Å². The van der Waals surface area contributed by atoms with Crippen LogP contribution in [0.2, 0.25) is 0 Å². The van der Waals surface area contributed by atoms with Gasteiger partial charge in [-0.2, -0.15) is 0 Å². The molecule has 0 unspecified atom stereocenters. The Hall–Kier alpha value is -1.91. The van der Waals surface area contributed by atoms with Gasteiger partial charge in [-0.15, -0.1) is 0 Å². The highest BCUT2D eigenvalue weighted by molar-refractivity contribution is 5.78. The van der Waals surface area contributed by atoms with Crippen LogP contribution in [-0.4, -0.2) is 32.8 Å². The Labute approximate surface area is 145 Å². The maximum atomic E-state index is 6.09. The molecule has 1 aliphatic carbocycles. The topological polar surface area (TPSA) is 68.9 Å². The zero-order valence-electron chi connectivity index (χ0n) is 15.4. The number of aliphatic imine (C=N–C) groups is 1. The van der Waals surface area contributed by atoms with E-state index in [1.165, 1.54) is 32.1 Å². The third-order valence-corrected chi connectivity index (χ3v) is 4.77. The molecule has 1 aromatic rings. The van der Waals surface area contributed by atoms with Gasteiger partial charge in [-0.25, -0.2) is 0 Å². The second-order valence-electron chi connectivity index (χ2n) is 7.13. The lowest BCUT2D eigenvalue weighted by Crippen LogP contribution is -2.41. The van der Waals surface area contributed by atoms with E-state index in [-0.39, 0.29) is 5.41 Å². The first-order chi connectivity index (χ1) is 11.5. The number of hydrogen-bond acceptors (Lipinski definition) is 3. The van der Waals surface area contributed by atoms with Crippen LogP contribution in [0.1, 0.15) is 51.5 Å². The molecule has 1 saturated carbocycles. The minimum absolute atomic E-state index is 0.140. The van der Waals surface area contributed by atoms with Crippen molar-refractivity contribution < 1.29 is 9.47 Å². The summed E-state index contributed by atoms with van der Waals surface area (Å²) in [6, 6.07) is 6.48. The van der Waals surface area contributed by atoms with E-state index in [2.05, 4.69) is 30.2 Å². The standard InChI is InChI=1S/C19H31N3O2/c1-19(2,14-10-11-16(23-3)17(12-14)24-4)13-21-18(20)22-15-8-6-5-7-9-15/h10-12,15H,5-9,13H2,1-4H3,(H3,20,21,22). The highest BCUT2D eigenvalue weighted by Gasteiger charge is 2.22. The van der Waals surface area contributed by atoms with Gasteiger partial charge in [-0.1, -0.05) is 39.2 Å². The van der Waals surface area contributed by atoms with Crippen molar-refractivity contribution in [3.63, 3.8) is 0 Å². The summed E-state index contributed by atoms with van der Waals surface area (Å²) in [5.74, 6) is 2.02. The molecule has 2 rings (SSSR count). The summed E-state index contributed by atoms with van der Waals surface area (Å²) in [6.07, 6.45) is 6.27. The fraction of sp³-hybridized carbons (Fsp3) is 0.632.